The molecule has 0 heterocycles. The second-order valence-electron chi connectivity index (χ2n) is 18.9. The second-order valence-corrected chi connectivity index (χ2v) is 18.9. The van der Waals surface area contributed by atoms with Gasteiger partial charge in [-0.25, -0.2) is 19.2 Å². The van der Waals surface area contributed by atoms with Crippen LogP contribution in [0.15, 0.2) is 115 Å². The molecule has 4 rings (SSSR count). The zero-order chi connectivity index (χ0) is 52.5. The maximum Gasteiger partial charge on any atom is 0.408 e. The topological polar surface area (TPSA) is 238 Å². The molecule has 18 heteroatoms. The Bertz CT molecular complexity index is 2340. The zero-order valence-corrected chi connectivity index (χ0v) is 42.2. The van der Waals surface area contributed by atoms with Gasteiger partial charge in [-0.2, -0.15) is 0 Å². The highest BCUT2D eigenvalue weighted by Gasteiger charge is 2.33. The Balaban J connectivity index is 1.54. The standard InChI is InChI=1S/C54H70N6O12/c1-53(2,3)71-41-28-26-38(27-29-41)34-45(60-52(67)72-54(4,5)6)48(63)57-42(25-17-18-31-55-50(65)69-35-39-21-13-9-14-22-39)46(61)59-44(33-37-19-11-8-12-20-37)47(62)58-43(49(64)68-7)30-32-56-51(66)70-36-40-23-15-10-16-24-40/h8-16,19-24,26-29,42-45H,17-18,25,30-36H2,1-7H3,(H,55,65)(H,56,66)(H,57,63)(H,58,62)(H,59,61)(H,60,67)/t42-,43+,44+,45+/m1/s1. The summed E-state index contributed by atoms with van der Waals surface area (Å²) in [4.78, 5) is 94.3. The van der Waals surface area contributed by atoms with Crippen LogP contribution >= 0.6 is 0 Å². The molecule has 0 aliphatic heterocycles. The van der Waals surface area contributed by atoms with Crippen LogP contribution < -0.4 is 36.6 Å². The van der Waals surface area contributed by atoms with Crippen molar-refractivity contribution in [3.63, 3.8) is 0 Å². The van der Waals surface area contributed by atoms with Crippen LogP contribution in [-0.2, 0) is 64.2 Å². The summed E-state index contributed by atoms with van der Waals surface area (Å²) >= 11 is 0. The zero-order valence-electron chi connectivity index (χ0n) is 42.2. The van der Waals surface area contributed by atoms with E-state index < -0.39 is 77.3 Å². The fraction of sp³-hybridized carbons (Fsp3) is 0.426. The smallest absolute Gasteiger partial charge is 0.408 e. The minimum Gasteiger partial charge on any atom is -0.488 e. The Labute approximate surface area is 422 Å². The van der Waals surface area contributed by atoms with Crippen LogP contribution in [0.3, 0.4) is 0 Å². The summed E-state index contributed by atoms with van der Waals surface area (Å²) in [5.74, 6) is -2.41. The van der Waals surface area contributed by atoms with E-state index in [2.05, 4.69) is 31.9 Å². The number of alkyl carbamates (subject to hydrolysis) is 3. The molecule has 0 unspecified atom stereocenters. The number of esters is 1. The van der Waals surface area contributed by atoms with Gasteiger partial charge in [-0.05, 0) is 102 Å². The van der Waals surface area contributed by atoms with Crippen LogP contribution in [0.1, 0.15) is 89.5 Å². The molecule has 72 heavy (non-hydrogen) atoms. The molecule has 18 nitrogen and oxygen atoms in total. The van der Waals surface area contributed by atoms with Crippen LogP contribution in [-0.4, -0.2) is 97.5 Å². The lowest BCUT2D eigenvalue weighted by molar-refractivity contribution is -0.145. The van der Waals surface area contributed by atoms with Crippen molar-refractivity contribution in [2.75, 3.05) is 20.2 Å². The van der Waals surface area contributed by atoms with Crippen LogP contribution in [0.4, 0.5) is 14.4 Å². The van der Waals surface area contributed by atoms with Gasteiger partial charge in [-0.1, -0.05) is 103 Å². The van der Waals surface area contributed by atoms with Gasteiger partial charge in [-0.15, -0.1) is 0 Å². The molecule has 0 spiro atoms. The van der Waals surface area contributed by atoms with E-state index in [1.165, 1.54) is 0 Å². The molecule has 0 aliphatic carbocycles. The third-order valence-corrected chi connectivity index (χ3v) is 10.5. The molecule has 4 aromatic carbocycles. The molecule has 6 N–H and O–H groups in total. The first kappa shape index (κ1) is 57.0. The van der Waals surface area contributed by atoms with E-state index in [9.17, 15) is 33.6 Å². The minimum absolute atomic E-state index is 0.00220. The van der Waals surface area contributed by atoms with E-state index in [1.54, 1.807) is 87.5 Å². The predicted octanol–water partition coefficient (Wildman–Crippen LogP) is 6.58. The van der Waals surface area contributed by atoms with Gasteiger partial charge >= 0.3 is 24.2 Å². The summed E-state index contributed by atoms with van der Waals surface area (Å²) in [6, 6.07) is 29.1. The molecule has 4 aromatic rings. The number of carbonyl (C=O) groups excluding carboxylic acids is 7. The number of hydrogen-bond acceptors (Lipinski definition) is 12. The SMILES string of the molecule is COC(=O)[C@H](CCNC(=O)OCc1ccccc1)NC(=O)[C@H](Cc1ccccc1)NC(=O)[C@@H](CCCCNC(=O)OCc1ccccc1)NC(=O)[C@H](Cc1ccc(OC(C)(C)C)cc1)NC(=O)OC(C)(C)C. The van der Waals surface area contributed by atoms with Gasteiger partial charge < -0.3 is 55.6 Å². The van der Waals surface area contributed by atoms with Gasteiger partial charge in [0.1, 0.15) is 54.3 Å². The van der Waals surface area contributed by atoms with E-state index >= 15 is 0 Å². The van der Waals surface area contributed by atoms with E-state index in [0.717, 1.165) is 18.2 Å². The highest BCUT2D eigenvalue weighted by atomic mass is 16.6. The number of unbranched alkanes of at least 4 members (excludes halogenated alkanes) is 1. The van der Waals surface area contributed by atoms with Gasteiger partial charge in [-0.3, -0.25) is 14.4 Å². The van der Waals surface area contributed by atoms with Crippen molar-refractivity contribution in [3.8, 4) is 5.75 Å². The maximum atomic E-state index is 14.5. The Morgan fingerprint density at radius 2 is 0.903 bits per heavy atom. The van der Waals surface area contributed by atoms with Crippen LogP contribution in [0.25, 0.3) is 0 Å². The average molecular weight is 995 g/mol. The fourth-order valence-corrected chi connectivity index (χ4v) is 7.01. The largest absolute Gasteiger partial charge is 0.488 e. The third kappa shape index (κ3) is 22.4. The molecule has 6 amide bonds. The average Bonchev–Trinajstić information content (AvgIpc) is 3.34. The van der Waals surface area contributed by atoms with Gasteiger partial charge in [0, 0.05) is 25.9 Å². The van der Waals surface area contributed by atoms with Crippen LogP contribution in [0.2, 0.25) is 0 Å². The first-order valence-corrected chi connectivity index (χ1v) is 24.0. The van der Waals surface area contributed by atoms with Crippen molar-refractivity contribution in [2.24, 2.45) is 0 Å². The Hall–Kier alpha value is -7.63. The number of carbonyl (C=O) groups is 7. The molecule has 0 radical (unpaired) electrons. The minimum atomic E-state index is -1.29. The number of hydrogen-bond donors (Lipinski definition) is 6. The monoisotopic (exact) mass is 995 g/mol. The molecule has 0 bridgehead atoms. The predicted molar refractivity (Wildman–Crippen MR) is 269 cm³/mol. The Morgan fingerprint density at radius 1 is 0.458 bits per heavy atom. The molecule has 0 saturated heterocycles. The number of methoxy groups -OCH3 is 1. The molecular formula is C54H70N6O12. The lowest BCUT2D eigenvalue weighted by Crippen LogP contribution is -2.58. The molecular weight excluding hydrogens is 925 g/mol. The molecule has 388 valence electrons. The summed E-state index contributed by atoms with van der Waals surface area (Å²) in [5, 5.41) is 16.2. The quantitative estimate of drug-likeness (QED) is 0.0235. The Morgan fingerprint density at radius 3 is 1.40 bits per heavy atom. The Kier molecular flexibility index (Phi) is 22.9. The van der Waals surface area contributed by atoms with Crippen molar-refractivity contribution < 1.29 is 57.2 Å². The van der Waals surface area contributed by atoms with Crippen molar-refractivity contribution in [3.05, 3.63) is 138 Å². The van der Waals surface area contributed by atoms with Crippen molar-refractivity contribution >= 4 is 42.0 Å². The first-order valence-electron chi connectivity index (χ1n) is 24.0. The van der Waals surface area contributed by atoms with Gasteiger partial charge in [0.15, 0.2) is 0 Å². The van der Waals surface area contributed by atoms with Gasteiger partial charge in [0.2, 0.25) is 17.7 Å². The summed E-state index contributed by atoms with van der Waals surface area (Å²) in [7, 11) is 1.16. The number of benzene rings is 4. The third-order valence-electron chi connectivity index (χ3n) is 10.5. The molecule has 4 atom stereocenters. The van der Waals surface area contributed by atoms with E-state index in [0.29, 0.717) is 29.7 Å². The molecule has 0 fully saturated rings. The lowest BCUT2D eigenvalue weighted by Gasteiger charge is -2.27. The van der Waals surface area contributed by atoms with Crippen molar-refractivity contribution in [1.29, 1.82) is 0 Å². The van der Waals surface area contributed by atoms with Crippen molar-refractivity contribution in [1.82, 2.24) is 31.9 Å². The normalized spacial score (nSPS) is 12.8. The maximum absolute atomic E-state index is 14.5. The van der Waals surface area contributed by atoms with E-state index in [-0.39, 0.29) is 52.0 Å². The number of rotatable bonds is 25. The lowest BCUT2D eigenvalue weighted by atomic mass is 10.0. The van der Waals surface area contributed by atoms with E-state index in [1.807, 2.05) is 69.3 Å². The number of ether oxygens (including phenoxy) is 5. The van der Waals surface area contributed by atoms with Crippen molar-refractivity contribution in [2.45, 2.75) is 129 Å². The van der Waals surface area contributed by atoms with Gasteiger partial charge in [0.05, 0.1) is 7.11 Å². The first-order chi connectivity index (χ1) is 34.3. The van der Waals surface area contributed by atoms with Gasteiger partial charge in [0.25, 0.3) is 0 Å². The van der Waals surface area contributed by atoms with E-state index in [4.69, 9.17) is 23.7 Å². The molecule has 0 saturated carbocycles. The summed E-state index contributed by atoms with van der Waals surface area (Å²) in [6.07, 6.45) is -1.63. The van der Waals surface area contributed by atoms with Crippen LogP contribution in [0.5, 0.6) is 5.75 Å². The summed E-state index contributed by atoms with van der Waals surface area (Å²) < 4.78 is 27.0. The molecule has 0 aliphatic rings. The van der Waals surface area contributed by atoms with Crippen LogP contribution in [0, 0.1) is 0 Å². The summed E-state index contributed by atoms with van der Waals surface area (Å²) in [5.41, 5.74) is 1.57. The highest BCUT2D eigenvalue weighted by Crippen LogP contribution is 2.20. The number of amides is 6. The highest BCUT2D eigenvalue weighted by molar-refractivity contribution is 5.95. The number of nitrogens with one attached hydrogen (secondary N) is 6. The fourth-order valence-electron chi connectivity index (χ4n) is 7.01. The molecule has 0 aromatic heterocycles. The summed E-state index contributed by atoms with van der Waals surface area (Å²) in [6.45, 7) is 11.0. The second kappa shape index (κ2) is 28.9.